The minimum atomic E-state index is -0.358. The molecule has 6 heteroatoms. The van der Waals surface area contributed by atoms with Gasteiger partial charge in [-0.2, -0.15) is 0 Å². The molecule has 0 spiro atoms. The van der Waals surface area contributed by atoms with Gasteiger partial charge in [-0.1, -0.05) is 29.3 Å². The Morgan fingerprint density at radius 2 is 2.00 bits per heavy atom. The highest BCUT2D eigenvalue weighted by Gasteiger charge is 2.07. The number of nitrogens with one attached hydrogen (secondary N) is 1. The Kier molecular flexibility index (Phi) is 7.41. The van der Waals surface area contributed by atoms with Gasteiger partial charge in [0.05, 0.1) is 13.0 Å². The van der Waals surface area contributed by atoms with E-state index in [2.05, 4.69) is 5.32 Å². The lowest BCUT2D eigenvalue weighted by Crippen LogP contribution is -2.26. The summed E-state index contributed by atoms with van der Waals surface area (Å²) in [5.74, 6) is -0.536. The molecule has 0 saturated heterocycles. The molecule has 4 nitrogen and oxygen atoms in total. The van der Waals surface area contributed by atoms with Crippen molar-refractivity contribution >= 4 is 35.1 Å². The first kappa shape index (κ1) is 16.8. The van der Waals surface area contributed by atoms with E-state index in [1.165, 1.54) is 0 Å². The van der Waals surface area contributed by atoms with Gasteiger partial charge in [0.15, 0.2) is 0 Å². The van der Waals surface area contributed by atoms with Crippen LogP contribution in [0.1, 0.15) is 25.3 Å². The van der Waals surface area contributed by atoms with Crippen LogP contribution < -0.4 is 5.32 Å². The molecule has 1 rings (SSSR count). The van der Waals surface area contributed by atoms with E-state index in [1.54, 1.807) is 19.1 Å². The molecule has 0 radical (unpaired) electrons. The maximum absolute atomic E-state index is 11.5. The van der Waals surface area contributed by atoms with Crippen LogP contribution in [0.25, 0.3) is 0 Å². The third kappa shape index (κ3) is 6.26. The number of esters is 1. The lowest BCUT2D eigenvalue weighted by molar-refractivity contribution is -0.144. The number of carbonyl (C=O) groups excluding carboxylic acids is 2. The number of hydrogen-bond donors (Lipinski definition) is 1. The highest BCUT2D eigenvalue weighted by molar-refractivity contribution is 6.35. The smallest absolute Gasteiger partial charge is 0.306 e. The number of ether oxygens (including phenoxy) is 1. The van der Waals surface area contributed by atoms with Gasteiger partial charge in [-0.3, -0.25) is 9.59 Å². The largest absolute Gasteiger partial charge is 0.466 e. The number of rotatable bonds is 7. The Hall–Kier alpha value is -1.26. The molecule has 20 heavy (non-hydrogen) atoms. The first-order chi connectivity index (χ1) is 9.52. The Morgan fingerprint density at radius 3 is 2.65 bits per heavy atom. The summed E-state index contributed by atoms with van der Waals surface area (Å²) >= 11 is 11.8. The molecule has 0 aliphatic carbocycles. The van der Waals surface area contributed by atoms with Crippen molar-refractivity contribution in [3.8, 4) is 0 Å². The van der Waals surface area contributed by atoms with Gasteiger partial charge in [-0.05, 0) is 31.0 Å². The summed E-state index contributed by atoms with van der Waals surface area (Å²) in [7, 11) is 0. The quantitative estimate of drug-likeness (QED) is 0.786. The van der Waals surface area contributed by atoms with E-state index in [0.29, 0.717) is 29.6 Å². The highest BCUT2D eigenvalue weighted by Crippen LogP contribution is 2.20. The Bertz CT molecular complexity index is 477. The number of hydrogen-bond acceptors (Lipinski definition) is 3. The molecule has 0 unspecified atom stereocenters. The minimum absolute atomic E-state index is 0.0986. The van der Waals surface area contributed by atoms with Crippen molar-refractivity contribution in [2.45, 2.75) is 26.2 Å². The predicted molar refractivity (Wildman–Crippen MR) is 79.0 cm³/mol. The summed E-state index contributed by atoms with van der Waals surface area (Å²) in [6.07, 6.45) is 0.843. The molecule has 0 atom stereocenters. The van der Waals surface area contributed by atoms with Crippen LogP contribution in [0.4, 0.5) is 0 Å². The van der Waals surface area contributed by atoms with Crippen LogP contribution in [0.2, 0.25) is 10.0 Å². The Labute approximate surface area is 128 Å². The second-order valence-corrected chi connectivity index (χ2v) is 4.98. The lowest BCUT2D eigenvalue weighted by Gasteiger charge is -2.07. The van der Waals surface area contributed by atoms with Gasteiger partial charge in [0.25, 0.3) is 0 Å². The van der Waals surface area contributed by atoms with E-state index in [4.69, 9.17) is 27.9 Å². The molecule has 0 saturated carbocycles. The standard InChI is InChI=1S/C14H17Cl2NO3/c1-2-20-14(19)6-5-13(18)17-8-7-10-3-4-11(15)9-12(10)16/h3-4,9H,2,5-8H2,1H3,(H,17,18). The monoisotopic (exact) mass is 317 g/mol. The summed E-state index contributed by atoms with van der Waals surface area (Å²) in [4.78, 5) is 22.6. The van der Waals surface area contributed by atoms with Crippen molar-refractivity contribution in [2.24, 2.45) is 0 Å². The van der Waals surface area contributed by atoms with Gasteiger partial charge < -0.3 is 10.1 Å². The van der Waals surface area contributed by atoms with Crippen LogP contribution in [0, 0.1) is 0 Å². The van der Waals surface area contributed by atoms with Gasteiger partial charge in [0, 0.05) is 23.0 Å². The number of carbonyl (C=O) groups is 2. The van der Waals surface area contributed by atoms with Crippen molar-refractivity contribution in [1.82, 2.24) is 5.32 Å². The summed E-state index contributed by atoms with van der Waals surface area (Å²) in [6, 6.07) is 5.25. The normalized spacial score (nSPS) is 10.2. The summed E-state index contributed by atoms with van der Waals surface area (Å²) in [5, 5.41) is 3.89. The molecule has 1 N–H and O–H groups in total. The third-order valence-electron chi connectivity index (χ3n) is 2.59. The van der Waals surface area contributed by atoms with Crippen molar-refractivity contribution in [1.29, 1.82) is 0 Å². The van der Waals surface area contributed by atoms with Crippen LogP contribution in [-0.2, 0) is 20.7 Å². The molecular weight excluding hydrogens is 301 g/mol. The third-order valence-corrected chi connectivity index (χ3v) is 3.18. The van der Waals surface area contributed by atoms with E-state index < -0.39 is 0 Å². The van der Waals surface area contributed by atoms with Crippen LogP contribution in [0.15, 0.2) is 18.2 Å². The van der Waals surface area contributed by atoms with Gasteiger partial charge in [-0.25, -0.2) is 0 Å². The van der Waals surface area contributed by atoms with Crippen molar-refractivity contribution in [3.63, 3.8) is 0 Å². The number of benzene rings is 1. The van der Waals surface area contributed by atoms with E-state index in [9.17, 15) is 9.59 Å². The Morgan fingerprint density at radius 1 is 1.25 bits per heavy atom. The average molecular weight is 318 g/mol. The molecule has 0 fully saturated rings. The zero-order valence-corrected chi connectivity index (χ0v) is 12.8. The average Bonchev–Trinajstić information content (AvgIpc) is 2.39. The SMILES string of the molecule is CCOC(=O)CCC(=O)NCCc1ccc(Cl)cc1Cl. The highest BCUT2D eigenvalue weighted by atomic mass is 35.5. The molecular formula is C14H17Cl2NO3. The fourth-order valence-electron chi connectivity index (χ4n) is 1.60. The van der Waals surface area contributed by atoms with Gasteiger partial charge in [-0.15, -0.1) is 0 Å². The van der Waals surface area contributed by atoms with E-state index >= 15 is 0 Å². The maximum atomic E-state index is 11.5. The molecule has 1 amide bonds. The van der Waals surface area contributed by atoms with Crippen molar-refractivity contribution < 1.29 is 14.3 Å². The molecule has 1 aromatic carbocycles. The van der Waals surface area contributed by atoms with E-state index in [-0.39, 0.29) is 24.7 Å². The molecule has 110 valence electrons. The molecule has 0 aromatic heterocycles. The zero-order valence-electron chi connectivity index (χ0n) is 11.2. The first-order valence-corrected chi connectivity index (χ1v) is 7.14. The molecule has 0 heterocycles. The first-order valence-electron chi connectivity index (χ1n) is 6.39. The molecule has 1 aromatic rings. The predicted octanol–water partition coefficient (Wildman–Crippen LogP) is 3.00. The summed E-state index contributed by atoms with van der Waals surface area (Å²) in [6.45, 7) is 2.52. The topological polar surface area (TPSA) is 55.4 Å². The summed E-state index contributed by atoms with van der Waals surface area (Å²) < 4.78 is 4.74. The maximum Gasteiger partial charge on any atom is 0.306 e. The zero-order chi connectivity index (χ0) is 15.0. The number of amides is 1. The van der Waals surface area contributed by atoms with E-state index in [0.717, 1.165) is 5.56 Å². The molecule has 0 bridgehead atoms. The lowest BCUT2D eigenvalue weighted by atomic mass is 10.1. The summed E-state index contributed by atoms with van der Waals surface area (Å²) in [5.41, 5.74) is 0.918. The number of halogens is 2. The van der Waals surface area contributed by atoms with Gasteiger partial charge >= 0.3 is 5.97 Å². The van der Waals surface area contributed by atoms with Crippen LogP contribution in [0.5, 0.6) is 0 Å². The second kappa shape index (κ2) is 8.82. The van der Waals surface area contributed by atoms with Crippen LogP contribution >= 0.6 is 23.2 Å². The second-order valence-electron chi connectivity index (χ2n) is 4.14. The van der Waals surface area contributed by atoms with Gasteiger partial charge in [0.2, 0.25) is 5.91 Å². The van der Waals surface area contributed by atoms with E-state index in [1.807, 2.05) is 6.07 Å². The van der Waals surface area contributed by atoms with Crippen molar-refractivity contribution in [2.75, 3.05) is 13.2 Å². The van der Waals surface area contributed by atoms with Crippen LogP contribution in [-0.4, -0.2) is 25.0 Å². The minimum Gasteiger partial charge on any atom is -0.466 e. The van der Waals surface area contributed by atoms with Gasteiger partial charge in [0.1, 0.15) is 0 Å². The Balaban J connectivity index is 2.26. The molecule has 0 aliphatic rings. The molecule has 0 aliphatic heterocycles. The fraction of sp³-hybridized carbons (Fsp3) is 0.429. The van der Waals surface area contributed by atoms with Crippen LogP contribution in [0.3, 0.4) is 0 Å². The fourth-order valence-corrected chi connectivity index (χ4v) is 2.10. The van der Waals surface area contributed by atoms with Crippen molar-refractivity contribution in [3.05, 3.63) is 33.8 Å².